The van der Waals surface area contributed by atoms with Crippen molar-refractivity contribution in [2.75, 3.05) is 26.7 Å². The van der Waals surface area contributed by atoms with E-state index >= 15 is 0 Å². The summed E-state index contributed by atoms with van der Waals surface area (Å²) in [5.74, 6) is 0.307. The van der Waals surface area contributed by atoms with Gasteiger partial charge in [0.2, 0.25) is 0 Å². The summed E-state index contributed by atoms with van der Waals surface area (Å²) < 4.78 is 45.1. The van der Waals surface area contributed by atoms with E-state index in [2.05, 4.69) is 62.4 Å². The Morgan fingerprint density at radius 2 is 1.62 bits per heavy atom. The monoisotopic (exact) mass is 511 g/mol. The number of aryl methyl sites for hydroxylation is 2. The number of rotatable bonds is 5. The molecule has 0 bridgehead atoms. The lowest BCUT2D eigenvalue weighted by Crippen LogP contribution is -2.52. The molecule has 2 aliphatic carbocycles. The van der Waals surface area contributed by atoms with E-state index in [0.29, 0.717) is 13.0 Å². The van der Waals surface area contributed by atoms with Gasteiger partial charge in [-0.25, -0.2) is 0 Å². The minimum Gasteiger partial charge on any atom is -0.389 e. The van der Waals surface area contributed by atoms with E-state index < -0.39 is 24.9 Å². The highest BCUT2D eigenvalue weighted by molar-refractivity contribution is 5.27. The third-order valence-corrected chi connectivity index (χ3v) is 8.95. The van der Waals surface area contributed by atoms with Gasteiger partial charge < -0.3 is 15.6 Å². The predicted molar refractivity (Wildman–Crippen MR) is 154 cm³/mol. The first-order valence-corrected chi connectivity index (χ1v) is 14.3. The van der Waals surface area contributed by atoms with Gasteiger partial charge in [-0.05, 0) is 76.4 Å². The highest BCUT2D eigenvalue weighted by atomic mass is 16.5. The summed E-state index contributed by atoms with van der Waals surface area (Å²) in [6.45, 7) is 0.136. The second-order valence-electron chi connectivity index (χ2n) is 11.7. The lowest BCUT2D eigenvalue weighted by molar-refractivity contribution is -0.174. The fraction of sp³-hybridized carbons (Fsp3) is 0.636. The molecule has 1 aliphatic heterocycles. The van der Waals surface area contributed by atoms with Crippen LogP contribution in [-0.2, 0) is 11.2 Å². The van der Waals surface area contributed by atoms with Gasteiger partial charge in [0.25, 0.3) is 0 Å². The van der Waals surface area contributed by atoms with Crippen molar-refractivity contribution in [3.05, 3.63) is 70.8 Å². The molecule has 3 fully saturated rings. The molecule has 3 N–H and O–H groups in total. The van der Waals surface area contributed by atoms with Crippen molar-refractivity contribution in [1.82, 2.24) is 4.90 Å². The minimum atomic E-state index is -2.48. The molecule has 3 atom stereocenters. The molecular formula is C33H50N2O2. The Balaban J connectivity index is 0.000000208. The zero-order chi connectivity index (χ0) is 30.6. The van der Waals surface area contributed by atoms with Gasteiger partial charge in [-0.1, -0.05) is 91.8 Å². The summed E-state index contributed by atoms with van der Waals surface area (Å²) in [5, 5.41) is 10.8. The maximum absolute atomic E-state index is 10.8. The van der Waals surface area contributed by atoms with Crippen LogP contribution in [0.25, 0.3) is 0 Å². The number of hydrogen-bond acceptors (Lipinski definition) is 4. The van der Waals surface area contributed by atoms with E-state index in [1.807, 2.05) is 0 Å². The molecule has 1 spiro atoms. The molecule has 204 valence electrons. The third-order valence-electron chi connectivity index (χ3n) is 8.95. The summed E-state index contributed by atoms with van der Waals surface area (Å²) in [7, 11) is 0. The summed E-state index contributed by atoms with van der Waals surface area (Å²) in [5.41, 5.74) is 9.65. The lowest BCUT2D eigenvalue weighted by atomic mass is 9.70. The van der Waals surface area contributed by atoms with Crippen LogP contribution in [0.1, 0.15) is 99.2 Å². The highest BCUT2D eigenvalue weighted by Gasteiger charge is 2.43. The van der Waals surface area contributed by atoms with E-state index in [0.717, 1.165) is 62.7 Å². The fourth-order valence-corrected chi connectivity index (χ4v) is 6.56. The summed E-state index contributed by atoms with van der Waals surface area (Å²) in [4.78, 5) is 0.878. The number of ether oxygens (including phenoxy) is 1. The minimum absolute atomic E-state index is 0.0865. The van der Waals surface area contributed by atoms with Crippen molar-refractivity contribution in [3.63, 3.8) is 0 Å². The maximum atomic E-state index is 10.8. The van der Waals surface area contributed by atoms with Crippen LogP contribution in [-0.4, -0.2) is 48.0 Å². The van der Waals surface area contributed by atoms with E-state index in [9.17, 15) is 5.11 Å². The Morgan fingerprint density at radius 1 is 0.973 bits per heavy atom. The molecule has 5 rings (SSSR count). The first-order chi connectivity index (χ1) is 19.8. The van der Waals surface area contributed by atoms with Crippen LogP contribution in [0.15, 0.2) is 48.5 Å². The number of benzene rings is 2. The lowest BCUT2D eigenvalue weighted by Gasteiger charge is -2.48. The number of nitrogens with two attached hydrogens (primary N) is 1. The number of aliphatic hydroxyl groups is 1. The van der Waals surface area contributed by atoms with Crippen LogP contribution in [0.3, 0.4) is 0 Å². The first kappa shape index (κ1) is 22.1. The standard InChI is InChI=1S/C18H27NO.C15H23NO/c1-15-6-8-16(9-7-15)13-17-5-3-4-10-18(17)11-12-19(2)14-20-18;1-12-5-7-13(8-6-12)14(11-16)15(17)9-3-2-4-10-15/h6-9,17H,3-5,10-14H2,1-2H3;5-8,14,17H,2-4,9-11,16H2,1H3/i2D3,14D2;. The smallest absolute Gasteiger partial charge is 0.0995 e. The average Bonchev–Trinajstić information content (AvgIpc) is 2.92. The Kier molecular flexibility index (Phi) is 7.71. The van der Waals surface area contributed by atoms with Crippen molar-refractivity contribution < 1.29 is 16.7 Å². The summed E-state index contributed by atoms with van der Waals surface area (Å²) in [6, 6.07) is 16.9. The largest absolute Gasteiger partial charge is 0.389 e. The highest BCUT2D eigenvalue weighted by Crippen LogP contribution is 2.43. The summed E-state index contributed by atoms with van der Waals surface area (Å²) >= 11 is 0. The zero-order valence-electron chi connectivity index (χ0n) is 27.8. The van der Waals surface area contributed by atoms with Crippen LogP contribution in [0, 0.1) is 19.8 Å². The molecule has 2 aromatic rings. The first-order valence-electron chi connectivity index (χ1n) is 16.8. The van der Waals surface area contributed by atoms with Gasteiger partial charge in [-0.3, -0.25) is 4.90 Å². The van der Waals surface area contributed by atoms with Gasteiger partial charge in [0, 0.05) is 23.1 Å². The molecule has 1 saturated heterocycles. The summed E-state index contributed by atoms with van der Waals surface area (Å²) in [6.07, 6.45) is 10.6. The van der Waals surface area contributed by atoms with Crippen LogP contribution in [0.5, 0.6) is 0 Å². The van der Waals surface area contributed by atoms with Crippen LogP contribution < -0.4 is 5.73 Å². The Hall–Kier alpha value is -1.72. The maximum Gasteiger partial charge on any atom is 0.0995 e. The second kappa shape index (κ2) is 12.9. The van der Waals surface area contributed by atoms with Crippen molar-refractivity contribution in [2.45, 2.75) is 102 Å². The quantitative estimate of drug-likeness (QED) is 0.480. The number of hydrogen-bond donors (Lipinski definition) is 2. The molecule has 0 radical (unpaired) electrons. The average molecular weight is 512 g/mol. The molecule has 0 amide bonds. The molecule has 37 heavy (non-hydrogen) atoms. The van der Waals surface area contributed by atoms with Crippen LogP contribution in [0.4, 0.5) is 0 Å². The van der Waals surface area contributed by atoms with Crippen molar-refractivity contribution in [3.8, 4) is 0 Å². The zero-order valence-corrected chi connectivity index (χ0v) is 22.8. The molecule has 2 saturated carbocycles. The normalized spacial score (nSPS) is 30.5. The van der Waals surface area contributed by atoms with Crippen molar-refractivity contribution in [1.29, 1.82) is 0 Å². The molecule has 0 aromatic heterocycles. The molecule has 2 aromatic carbocycles. The Morgan fingerprint density at radius 3 is 2.24 bits per heavy atom. The molecule has 4 heteroatoms. The van der Waals surface area contributed by atoms with Crippen LogP contribution in [0.2, 0.25) is 0 Å². The van der Waals surface area contributed by atoms with Crippen LogP contribution >= 0.6 is 0 Å². The van der Waals surface area contributed by atoms with E-state index in [4.69, 9.17) is 17.3 Å². The fourth-order valence-electron chi connectivity index (χ4n) is 6.56. The molecule has 3 aliphatic rings. The molecule has 3 unspecified atom stereocenters. The van der Waals surface area contributed by atoms with Gasteiger partial charge in [0.05, 0.1) is 20.6 Å². The predicted octanol–water partition coefficient (Wildman–Crippen LogP) is 6.51. The SMILES string of the molecule is Cc1ccc(C(CN)C2(O)CCCCC2)cc1.[2H]C([2H])([2H])N1CCC2(CCCCC2Cc2ccc(C)cc2)OC1([2H])[2H]. The van der Waals surface area contributed by atoms with Crippen molar-refractivity contribution in [2.24, 2.45) is 11.7 Å². The molecular weight excluding hydrogens is 456 g/mol. The van der Waals surface area contributed by atoms with Gasteiger partial charge in [-0.15, -0.1) is 0 Å². The second-order valence-corrected chi connectivity index (χ2v) is 11.7. The van der Waals surface area contributed by atoms with Gasteiger partial charge in [-0.2, -0.15) is 0 Å². The topological polar surface area (TPSA) is 58.7 Å². The van der Waals surface area contributed by atoms with E-state index in [-0.39, 0.29) is 18.4 Å². The van der Waals surface area contributed by atoms with E-state index in [1.54, 1.807) is 0 Å². The number of nitrogens with zero attached hydrogens (tertiary/aromatic N) is 1. The molecule has 1 heterocycles. The Bertz CT molecular complexity index is 1130. The van der Waals surface area contributed by atoms with Gasteiger partial charge in [0.15, 0.2) is 0 Å². The van der Waals surface area contributed by atoms with E-state index in [1.165, 1.54) is 28.7 Å². The Labute approximate surface area is 232 Å². The van der Waals surface area contributed by atoms with Crippen molar-refractivity contribution >= 4 is 0 Å². The molecule has 4 nitrogen and oxygen atoms in total. The van der Waals surface area contributed by atoms with Gasteiger partial charge in [0.1, 0.15) is 0 Å². The van der Waals surface area contributed by atoms with Gasteiger partial charge >= 0.3 is 0 Å². The third kappa shape index (κ3) is 7.23.